The van der Waals surface area contributed by atoms with Gasteiger partial charge in [-0.2, -0.15) is 0 Å². The van der Waals surface area contributed by atoms with Crippen LogP contribution >= 0.6 is 15.9 Å². The topological polar surface area (TPSA) is 53.4 Å². The summed E-state index contributed by atoms with van der Waals surface area (Å²) in [5.41, 5.74) is 5.86. The van der Waals surface area contributed by atoms with Crippen LogP contribution in [0.25, 0.3) is 22.6 Å². The van der Waals surface area contributed by atoms with Crippen LogP contribution in [0.3, 0.4) is 0 Å². The maximum atomic E-state index is 12.4. The van der Waals surface area contributed by atoms with Crippen LogP contribution in [0.5, 0.6) is 0 Å². The third kappa shape index (κ3) is 3.97. The number of carbonyl (C=O) groups is 1. The third-order valence-electron chi connectivity index (χ3n) is 5.77. The van der Waals surface area contributed by atoms with E-state index in [4.69, 9.17) is 4.98 Å². The number of benzene rings is 3. The van der Waals surface area contributed by atoms with E-state index in [0.29, 0.717) is 29.6 Å². The minimum Gasteiger partial charge on any atom is -0.478 e. The molecule has 5 rings (SSSR count). The Labute approximate surface area is 195 Å². The molecule has 1 N–H and O–H groups in total. The summed E-state index contributed by atoms with van der Waals surface area (Å²) >= 11 is 3.64. The molecule has 1 aromatic heterocycles. The van der Waals surface area contributed by atoms with Gasteiger partial charge >= 0.3 is 5.97 Å². The average molecular weight is 485 g/mol. The van der Waals surface area contributed by atoms with Crippen LogP contribution in [0.15, 0.2) is 83.3 Å². The molecule has 0 spiro atoms. The van der Waals surface area contributed by atoms with Gasteiger partial charge in [0, 0.05) is 35.1 Å². The SMILES string of the molecule is O=C(O)c1c2c(nc3ccccc13)/C(=C\c1ccccc1Br)CN(Cc1ccccc1)C2. The highest BCUT2D eigenvalue weighted by molar-refractivity contribution is 9.10. The van der Waals surface area contributed by atoms with E-state index in [1.807, 2.05) is 66.7 Å². The number of nitrogens with zero attached hydrogens (tertiary/aromatic N) is 2. The van der Waals surface area contributed by atoms with E-state index in [2.05, 4.69) is 39.0 Å². The first kappa shape index (κ1) is 20.6. The number of aromatic nitrogens is 1. The Kier molecular flexibility index (Phi) is 5.60. The molecule has 0 atom stereocenters. The second kappa shape index (κ2) is 8.69. The maximum absolute atomic E-state index is 12.4. The van der Waals surface area contributed by atoms with Crippen LogP contribution in [0.4, 0.5) is 0 Å². The van der Waals surface area contributed by atoms with Crippen molar-refractivity contribution in [1.29, 1.82) is 0 Å². The average Bonchev–Trinajstić information content (AvgIpc) is 2.80. The summed E-state index contributed by atoms with van der Waals surface area (Å²) in [5, 5.41) is 10.8. The van der Waals surface area contributed by atoms with E-state index in [9.17, 15) is 9.90 Å². The summed E-state index contributed by atoms with van der Waals surface area (Å²) in [4.78, 5) is 19.6. The number of carboxylic acid groups (broad SMARTS) is 1. The van der Waals surface area contributed by atoms with E-state index in [1.54, 1.807) is 0 Å². The zero-order valence-electron chi connectivity index (χ0n) is 17.3. The summed E-state index contributed by atoms with van der Waals surface area (Å²) in [6.07, 6.45) is 2.12. The Hall–Kier alpha value is -3.28. The summed E-state index contributed by atoms with van der Waals surface area (Å²) in [6.45, 7) is 1.96. The second-order valence-electron chi connectivity index (χ2n) is 7.96. The normalized spacial score (nSPS) is 15.1. The van der Waals surface area contributed by atoms with Gasteiger partial charge in [-0.25, -0.2) is 9.78 Å². The number of aromatic carboxylic acids is 1. The molecule has 158 valence electrons. The van der Waals surface area contributed by atoms with Gasteiger partial charge in [0.1, 0.15) is 0 Å². The molecule has 0 radical (unpaired) electrons. The first-order chi connectivity index (χ1) is 15.6. The summed E-state index contributed by atoms with van der Waals surface area (Å²) < 4.78 is 0.994. The summed E-state index contributed by atoms with van der Waals surface area (Å²) in [6, 6.07) is 25.8. The highest BCUT2D eigenvalue weighted by Gasteiger charge is 2.28. The fourth-order valence-corrected chi connectivity index (χ4v) is 4.76. The predicted molar refractivity (Wildman–Crippen MR) is 131 cm³/mol. The number of hydrogen-bond donors (Lipinski definition) is 1. The third-order valence-corrected chi connectivity index (χ3v) is 6.49. The Bertz CT molecular complexity index is 1350. The zero-order valence-corrected chi connectivity index (χ0v) is 18.9. The lowest BCUT2D eigenvalue weighted by atomic mass is 9.91. The molecular weight excluding hydrogens is 464 g/mol. The van der Waals surface area contributed by atoms with E-state index in [1.165, 1.54) is 5.56 Å². The fraction of sp³-hybridized carbons (Fsp3) is 0.111. The van der Waals surface area contributed by atoms with Crippen molar-refractivity contribution in [2.24, 2.45) is 0 Å². The van der Waals surface area contributed by atoms with E-state index in [-0.39, 0.29) is 0 Å². The highest BCUT2D eigenvalue weighted by atomic mass is 79.9. The van der Waals surface area contributed by atoms with Gasteiger partial charge in [0.25, 0.3) is 0 Å². The molecule has 3 aromatic carbocycles. The molecule has 4 nitrogen and oxygen atoms in total. The quantitative estimate of drug-likeness (QED) is 0.371. The molecule has 32 heavy (non-hydrogen) atoms. The van der Waals surface area contributed by atoms with Gasteiger partial charge < -0.3 is 5.11 Å². The standard InChI is InChI=1S/C27H21BrN2O2/c28-23-12-6-4-10-19(23)14-20-16-30(15-18-8-2-1-3-9-18)17-22-25(27(31)32)21-11-5-7-13-24(21)29-26(20)22/h1-14H,15-17H2,(H,31,32)/b20-14-. The van der Waals surface area contributed by atoms with Gasteiger partial charge in [0.2, 0.25) is 0 Å². The van der Waals surface area contributed by atoms with Crippen molar-refractivity contribution in [2.45, 2.75) is 13.1 Å². The van der Waals surface area contributed by atoms with Gasteiger partial charge in [-0.3, -0.25) is 4.90 Å². The molecular formula is C27H21BrN2O2. The second-order valence-corrected chi connectivity index (χ2v) is 8.81. The molecule has 1 aliphatic rings. The summed E-state index contributed by atoms with van der Waals surface area (Å²) in [7, 11) is 0. The molecule has 1 aliphatic heterocycles. The molecule has 0 aliphatic carbocycles. The van der Waals surface area contributed by atoms with Crippen molar-refractivity contribution in [3.05, 3.63) is 111 Å². The minimum absolute atomic E-state index is 0.349. The van der Waals surface area contributed by atoms with Crippen molar-refractivity contribution in [1.82, 2.24) is 9.88 Å². The monoisotopic (exact) mass is 484 g/mol. The van der Waals surface area contributed by atoms with Crippen LogP contribution in [0, 0.1) is 0 Å². The Morgan fingerprint density at radius 2 is 1.69 bits per heavy atom. The number of fused-ring (bicyclic) bond motifs is 2. The number of halogens is 1. The molecule has 2 heterocycles. The Morgan fingerprint density at radius 1 is 0.969 bits per heavy atom. The van der Waals surface area contributed by atoms with Crippen LogP contribution in [0.1, 0.15) is 32.7 Å². The first-order valence-corrected chi connectivity index (χ1v) is 11.3. The Balaban J connectivity index is 1.70. The van der Waals surface area contributed by atoms with Gasteiger partial charge in [-0.05, 0) is 34.9 Å². The Morgan fingerprint density at radius 3 is 2.47 bits per heavy atom. The number of para-hydroxylation sites is 1. The molecule has 0 amide bonds. The smallest absolute Gasteiger partial charge is 0.336 e. The summed E-state index contributed by atoms with van der Waals surface area (Å²) in [5.74, 6) is -0.915. The lowest BCUT2D eigenvalue weighted by Gasteiger charge is -2.31. The molecule has 4 aromatic rings. The van der Waals surface area contributed by atoms with Gasteiger partial charge in [-0.1, -0.05) is 82.7 Å². The van der Waals surface area contributed by atoms with Gasteiger partial charge in [0.15, 0.2) is 0 Å². The van der Waals surface area contributed by atoms with Crippen LogP contribution in [0.2, 0.25) is 0 Å². The molecule has 0 bridgehead atoms. The molecule has 5 heteroatoms. The largest absolute Gasteiger partial charge is 0.478 e. The van der Waals surface area contributed by atoms with Crippen molar-refractivity contribution in [3.8, 4) is 0 Å². The number of hydrogen-bond acceptors (Lipinski definition) is 3. The van der Waals surface area contributed by atoms with Gasteiger partial charge in [0.05, 0.1) is 16.8 Å². The fourth-order valence-electron chi connectivity index (χ4n) is 4.36. The molecule has 0 saturated heterocycles. The zero-order chi connectivity index (χ0) is 22.1. The number of rotatable bonds is 4. The van der Waals surface area contributed by atoms with E-state index in [0.717, 1.165) is 33.4 Å². The lowest BCUT2D eigenvalue weighted by molar-refractivity contribution is 0.0696. The van der Waals surface area contributed by atoms with Crippen molar-refractivity contribution in [3.63, 3.8) is 0 Å². The molecule has 0 fully saturated rings. The lowest BCUT2D eigenvalue weighted by Crippen LogP contribution is -2.31. The highest BCUT2D eigenvalue weighted by Crippen LogP contribution is 2.35. The van der Waals surface area contributed by atoms with Crippen LogP contribution in [-0.4, -0.2) is 27.5 Å². The number of carboxylic acids is 1. The van der Waals surface area contributed by atoms with Crippen LogP contribution < -0.4 is 0 Å². The van der Waals surface area contributed by atoms with Crippen molar-refractivity contribution >= 4 is 44.5 Å². The van der Waals surface area contributed by atoms with E-state index >= 15 is 0 Å². The molecule has 0 saturated carbocycles. The first-order valence-electron chi connectivity index (χ1n) is 10.5. The van der Waals surface area contributed by atoms with Crippen molar-refractivity contribution < 1.29 is 9.90 Å². The predicted octanol–water partition coefficient (Wildman–Crippen LogP) is 6.25. The maximum Gasteiger partial charge on any atom is 0.336 e. The van der Waals surface area contributed by atoms with Crippen LogP contribution in [-0.2, 0) is 13.1 Å². The van der Waals surface area contributed by atoms with Crippen molar-refractivity contribution in [2.75, 3.05) is 6.54 Å². The number of pyridine rings is 1. The minimum atomic E-state index is -0.915. The van der Waals surface area contributed by atoms with E-state index < -0.39 is 5.97 Å². The molecule has 0 unspecified atom stereocenters. The van der Waals surface area contributed by atoms with Gasteiger partial charge in [-0.15, -0.1) is 0 Å².